The minimum absolute atomic E-state index is 0.0279. The Bertz CT molecular complexity index is 877. The van der Waals surface area contributed by atoms with Crippen molar-refractivity contribution in [2.45, 2.75) is 75.4 Å². The molecule has 1 fully saturated rings. The fourth-order valence-corrected chi connectivity index (χ4v) is 4.77. The van der Waals surface area contributed by atoms with E-state index in [0.717, 1.165) is 23.7 Å². The standard InChI is InChI=1S/C20H26BrN3O2S/c1-3-11-24-19(26)16-12-14(21)9-10-17(16)23-20(24)27-13(2)18(25)22-15-7-5-4-6-8-15/h9-10,12-13,15H,3-8,11H2,1-2H3,(H,22,25). The van der Waals surface area contributed by atoms with Crippen molar-refractivity contribution < 1.29 is 4.79 Å². The summed E-state index contributed by atoms with van der Waals surface area (Å²) >= 11 is 4.79. The molecule has 1 saturated carbocycles. The van der Waals surface area contributed by atoms with E-state index in [1.807, 2.05) is 32.0 Å². The minimum atomic E-state index is -0.296. The van der Waals surface area contributed by atoms with E-state index in [1.54, 1.807) is 4.57 Å². The topological polar surface area (TPSA) is 64.0 Å². The molecule has 3 rings (SSSR count). The summed E-state index contributed by atoms with van der Waals surface area (Å²) in [5.74, 6) is 0.0279. The number of halogens is 1. The third-order valence-electron chi connectivity index (χ3n) is 4.93. The van der Waals surface area contributed by atoms with Crippen LogP contribution < -0.4 is 10.9 Å². The highest BCUT2D eigenvalue weighted by Crippen LogP contribution is 2.25. The quantitative estimate of drug-likeness (QED) is 0.518. The molecule has 2 aromatic rings. The highest BCUT2D eigenvalue weighted by Gasteiger charge is 2.22. The fraction of sp³-hybridized carbons (Fsp3) is 0.550. The summed E-state index contributed by atoms with van der Waals surface area (Å²) in [4.78, 5) is 30.3. The molecule has 1 heterocycles. The van der Waals surface area contributed by atoms with Crippen molar-refractivity contribution in [3.63, 3.8) is 0 Å². The average Bonchev–Trinajstić information content (AvgIpc) is 2.66. The van der Waals surface area contributed by atoms with E-state index >= 15 is 0 Å². The van der Waals surface area contributed by atoms with Crippen molar-refractivity contribution in [1.29, 1.82) is 0 Å². The first-order chi connectivity index (χ1) is 13.0. The van der Waals surface area contributed by atoms with Crippen LogP contribution in [0.3, 0.4) is 0 Å². The van der Waals surface area contributed by atoms with Crippen LogP contribution in [0, 0.1) is 0 Å². The molecule has 1 aromatic carbocycles. The summed E-state index contributed by atoms with van der Waals surface area (Å²) < 4.78 is 2.56. The molecule has 1 aromatic heterocycles. The number of fused-ring (bicyclic) bond motifs is 1. The molecule has 1 unspecified atom stereocenters. The number of carbonyl (C=O) groups is 1. The maximum Gasteiger partial charge on any atom is 0.262 e. The molecule has 1 aliphatic rings. The van der Waals surface area contributed by atoms with E-state index in [2.05, 4.69) is 21.2 Å². The lowest BCUT2D eigenvalue weighted by molar-refractivity contribution is -0.121. The van der Waals surface area contributed by atoms with Gasteiger partial charge in [-0.3, -0.25) is 14.2 Å². The Labute approximate surface area is 172 Å². The van der Waals surface area contributed by atoms with Gasteiger partial charge in [0, 0.05) is 17.1 Å². The lowest BCUT2D eigenvalue weighted by atomic mass is 9.95. The van der Waals surface area contributed by atoms with Crippen LogP contribution in [0.15, 0.2) is 32.6 Å². The molecule has 1 atom stereocenters. The minimum Gasteiger partial charge on any atom is -0.352 e. The second kappa shape index (κ2) is 9.24. The van der Waals surface area contributed by atoms with E-state index in [-0.39, 0.29) is 22.8 Å². The third-order valence-corrected chi connectivity index (χ3v) is 6.51. The smallest absolute Gasteiger partial charge is 0.262 e. The number of benzene rings is 1. The van der Waals surface area contributed by atoms with Crippen molar-refractivity contribution in [3.8, 4) is 0 Å². The number of thioether (sulfide) groups is 1. The van der Waals surface area contributed by atoms with E-state index in [4.69, 9.17) is 4.98 Å². The molecule has 27 heavy (non-hydrogen) atoms. The van der Waals surface area contributed by atoms with Crippen molar-refractivity contribution in [1.82, 2.24) is 14.9 Å². The SMILES string of the molecule is CCCn1c(SC(C)C(=O)NC2CCCCC2)nc2ccc(Br)cc2c1=O. The van der Waals surface area contributed by atoms with Crippen LogP contribution in [0.5, 0.6) is 0 Å². The largest absolute Gasteiger partial charge is 0.352 e. The first-order valence-corrected chi connectivity index (χ1v) is 11.3. The Morgan fingerprint density at radius 1 is 1.37 bits per heavy atom. The van der Waals surface area contributed by atoms with Gasteiger partial charge in [0.1, 0.15) is 0 Å². The number of aromatic nitrogens is 2. The number of carbonyl (C=O) groups excluding carboxylic acids is 1. The van der Waals surface area contributed by atoms with E-state index in [9.17, 15) is 9.59 Å². The molecule has 5 nitrogen and oxygen atoms in total. The first kappa shape index (κ1) is 20.4. The summed E-state index contributed by atoms with van der Waals surface area (Å²) in [6, 6.07) is 5.82. The Morgan fingerprint density at radius 3 is 2.81 bits per heavy atom. The van der Waals surface area contributed by atoms with Crippen molar-refractivity contribution >= 4 is 44.5 Å². The second-order valence-corrected chi connectivity index (χ2v) is 9.34. The predicted octanol–water partition coefficient (Wildman–Crippen LogP) is 4.50. The zero-order valence-corrected chi connectivity index (χ0v) is 18.2. The molecule has 0 spiro atoms. The molecule has 0 radical (unpaired) electrons. The van der Waals surface area contributed by atoms with Gasteiger partial charge in [0.05, 0.1) is 16.2 Å². The van der Waals surface area contributed by atoms with Gasteiger partial charge in [0.25, 0.3) is 5.56 Å². The Morgan fingerprint density at radius 2 is 2.11 bits per heavy atom. The molecule has 1 amide bonds. The van der Waals surface area contributed by atoms with Crippen molar-refractivity contribution in [3.05, 3.63) is 33.0 Å². The lowest BCUT2D eigenvalue weighted by Gasteiger charge is -2.24. The molecular formula is C20H26BrN3O2S. The first-order valence-electron chi connectivity index (χ1n) is 9.66. The number of amides is 1. The number of hydrogen-bond acceptors (Lipinski definition) is 4. The zero-order chi connectivity index (χ0) is 19.4. The predicted molar refractivity (Wildman–Crippen MR) is 114 cm³/mol. The molecule has 146 valence electrons. The fourth-order valence-electron chi connectivity index (χ4n) is 3.46. The van der Waals surface area contributed by atoms with Crippen LogP contribution in [-0.4, -0.2) is 26.8 Å². The maximum absolute atomic E-state index is 12.9. The molecule has 1 N–H and O–H groups in total. The number of rotatable bonds is 6. The molecule has 0 aliphatic heterocycles. The van der Waals surface area contributed by atoms with Gasteiger partial charge in [0.15, 0.2) is 5.16 Å². The van der Waals surface area contributed by atoms with Gasteiger partial charge in [-0.1, -0.05) is 53.9 Å². The second-order valence-electron chi connectivity index (χ2n) is 7.12. The monoisotopic (exact) mass is 451 g/mol. The summed E-state index contributed by atoms with van der Waals surface area (Å²) in [5, 5.41) is 4.08. The van der Waals surface area contributed by atoms with Gasteiger partial charge < -0.3 is 5.32 Å². The summed E-state index contributed by atoms with van der Waals surface area (Å²) in [5.41, 5.74) is 0.614. The van der Waals surface area contributed by atoms with E-state index in [0.29, 0.717) is 22.6 Å². The van der Waals surface area contributed by atoms with Gasteiger partial charge in [-0.15, -0.1) is 0 Å². The zero-order valence-electron chi connectivity index (χ0n) is 15.8. The maximum atomic E-state index is 12.9. The van der Waals surface area contributed by atoms with Gasteiger partial charge >= 0.3 is 0 Å². The van der Waals surface area contributed by atoms with Gasteiger partial charge in [-0.2, -0.15) is 0 Å². The molecular weight excluding hydrogens is 426 g/mol. The summed E-state index contributed by atoms with van der Waals surface area (Å²) in [6.45, 7) is 4.51. The number of nitrogens with zero attached hydrogens (tertiary/aromatic N) is 2. The highest BCUT2D eigenvalue weighted by atomic mass is 79.9. The normalized spacial score (nSPS) is 16.4. The Kier molecular flexibility index (Phi) is 6.98. The Balaban J connectivity index is 1.84. The van der Waals surface area contributed by atoms with Gasteiger partial charge in [-0.25, -0.2) is 4.98 Å². The summed E-state index contributed by atoms with van der Waals surface area (Å²) in [6.07, 6.45) is 6.59. The molecule has 7 heteroatoms. The molecule has 0 saturated heterocycles. The molecule has 1 aliphatic carbocycles. The Hall–Kier alpha value is -1.34. The third kappa shape index (κ3) is 4.93. The number of nitrogens with one attached hydrogen (secondary N) is 1. The van der Waals surface area contributed by atoms with Crippen molar-refractivity contribution in [2.24, 2.45) is 0 Å². The summed E-state index contributed by atoms with van der Waals surface area (Å²) in [7, 11) is 0. The number of hydrogen-bond donors (Lipinski definition) is 1. The molecule has 0 bridgehead atoms. The van der Waals surface area contributed by atoms with Gasteiger partial charge in [-0.05, 0) is 44.4 Å². The van der Waals surface area contributed by atoms with Gasteiger partial charge in [0.2, 0.25) is 5.91 Å². The van der Waals surface area contributed by atoms with Crippen LogP contribution in [0.25, 0.3) is 10.9 Å². The van der Waals surface area contributed by atoms with E-state index < -0.39 is 0 Å². The van der Waals surface area contributed by atoms with Crippen LogP contribution in [0.4, 0.5) is 0 Å². The van der Waals surface area contributed by atoms with Crippen LogP contribution in [0.2, 0.25) is 0 Å². The highest BCUT2D eigenvalue weighted by molar-refractivity contribution is 9.10. The van der Waals surface area contributed by atoms with Crippen LogP contribution >= 0.6 is 27.7 Å². The van der Waals surface area contributed by atoms with Crippen LogP contribution in [-0.2, 0) is 11.3 Å². The lowest BCUT2D eigenvalue weighted by Crippen LogP contribution is -2.40. The van der Waals surface area contributed by atoms with Crippen molar-refractivity contribution in [2.75, 3.05) is 0 Å². The average molecular weight is 452 g/mol. The van der Waals surface area contributed by atoms with E-state index in [1.165, 1.54) is 31.0 Å². The van der Waals surface area contributed by atoms with Crippen LogP contribution in [0.1, 0.15) is 52.4 Å².